The molecule has 2 aromatic rings. The summed E-state index contributed by atoms with van der Waals surface area (Å²) in [6.07, 6.45) is 2.67. The van der Waals surface area contributed by atoms with E-state index in [1.807, 2.05) is 12.1 Å². The number of aromatic nitrogens is 2. The number of nitrogens with two attached hydrogens (primary N) is 1. The zero-order chi connectivity index (χ0) is 8.39. The Hall–Kier alpha value is -0.770. The summed E-state index contributed by atoms with van der Waals surface area (Å²) in [5.74, 6) is 0. The van der Waals surface area contributed by atoms with Gasteiger partial charge in [-0.3, -0.25) is 0 Å². The van der Waals surface area contributed by atoms with Gasteiger partial charge in [0.1, 0.15) is 5.65 Å². The molecule has 0 aliphatic rings. The quantitative estimate of drug-likeness (QED) is 0.833. The molecule has 0 saturated carbocycles. The van der Waals surface area contributed by atoms with Crippen LogP contribution in [0.3, 0.4) is 0 Å². The fraction of sp³-hybridized carbons (Fsp3) is 0.222. The Labute approximate surface area is 94.9 Å². The van der Waals surface area contributed by atoms with Crippen LogP contribution in [0.5, 0.6) is 0 Å². The number of hydrogen-bond acceptors (Lipinski definition) is 2. The molecule has 0 atom stereocenters. The zero-order valence-electron chi connectivity index (χ0n) is 7.56. The van der Waals surface area contributed by atoms with Crippen LogP contribution >= 0.6 is 24.8 Å². The highest BCUT2D eigenvalue weighted by molar-refractivity contribution is 5.85. The van der Waals surface area contributed by atoms with Crippen molar-refractivity contribution in [1.82, 2.24) is 9.97 Å². The molecule has 78 valence electrons. The van der Waals surface area contributed by atoms with Gasteiger partial charge in [-0.05, 0) is 31.2 Å². The van der Waals surface area contributed by atoms with Crippen molar-refractivity contribution in [3.05, 3.63) is 30.1 Å². The van der Waals surface area contributed by atoms with Crippen molar-refractivity contribution >= 4 is 35.8 Å². The second-order valence-corrected chi connectivity index (χ2v) is 2.77. The summed E-state index contributed by atoms with van der Waals surface area (Å²) >= 11 is 0. The van der Waals surface area contributed by atoms with Crippen molar-refractivity contribution in [2.45, 2.75) is 6.42 Å². The number of rotatable bonds is 2. The molecule has 0 bridgehead atoms. The fourth-order valence-electron chi connectivity index (χ4n) is 1.30. The normalized spacial score (nSPS) is 9.21. The molecule has 2 aromatic heterocycles. The molecule has 0 amide bonds. The van der Waals surface area contributed by atoms with Crippen molar-refractivity contribution in [2.75, 3.05) is 6.54 Å². The minimum atomic E-state index is 0. The van der Waals surface area contributed by atoms with Gasteiger partial charge in [-0.15, -0.1) is 24.8 Å². The Bertz CT molecular complexity index is 353. The Morgan fingerprint density at radius 1 is 1.36 bits per heavy atom. The summed E-state index contributed by atoms with van der Waals surface area (Å²) in [7, 11) is 0. The van der Waals surface area contributed by atoms with Crippen molar-refractivity contribution in [3.8, 4) is 0 Å². The first kappa shape index (κ1) is 13.2. The van der Waals surface area contributed by atoms with Crippen LogP contribution in [0, 0.1) is 0 Å². The molecule has 5 heteroatoms. The van der Waals surface area contributed by atoms with Gasteiger partial charge in [0.25, 0.3) is 0 Å². The lowest BCUT2D eigenvalue weighted by molar-refractivity contribution is 0.938. The highest BCUT2D eigenvalue weighted by atomic mass is 35.5. The Morgan fingerprint density at radius 2 is 2.14 bits per heavy atom. The van der Waals surface area contributed by atoms with Crippen molar-refractivity contribution in [2.24, 2.45) is 5.73 Å². The summed E-state index contributed by atoms with van der Waals surface area (Å²) < 4.78 is 0. The van der Waals surface area contributed by atoms with E-state index in [2.05, 4.69) is 16.0 Å². The van der Waals surface area contributed by atoms with E-state index in [0.29, 0.717) is 6.54 Å². The molecule has 2 heterocycles. The lowest BCUT2D eigenvalue weighted by atomic mass is 10.3. The summed E-state index contributed by atoms with van der Waals surface area (Å²) in [5, 5.41) is 1.15. The van der Waals surface area contributed by atoms with Gasteiger partial charge in [0.15, 0.2) is 0 Å². The van der Waals surface area contributed by atoms with Gasteiger partial charge in [0, 0.05) is 17.3 Å². The van der Waals surface area contributed by atoms with Crippen LogP contribution < -0.4 is 5.73 Å². The first-order valence-electron chi connectivity index (χ1n) is 4.03. The van der Waals surface area contributed by atoms with Crippen molar-refractivity contribution in [3.63, 3.8) is 0 Å². The standard InChI is InChI=1S/C9H11N3.2ClH/c10-4-3-8-6-7-2-1-5-11-9(7)12-8;;/h1-2,5-6H,3-4,10H2,(H,11,12);2*1H. The van der Waals surface area contributed by atoms with Crippen LogP contribution in [0.4, 0.5) is 0 Å². The van der Waals surface area contributed by atoms with Crippen LogP contribution in [-0.4, -0.2) is 16.5 Å². The number of aromatic amines is 1. The Morgan fingerprint density at radius 3 is 2.79 bits per heavy atom. The lowest BCUT2D eigenvalue weighted by Crippen LogP contribution is -2.02. The van der Waals surface area contributed by atoms with E-state index < -0.39 is 0 Å². The monoisotopic (exact) mass is 233 g/mol. The molecule has 0 aliphatic heterocycles. The SMILES string of the molecule is Cl.Cl.NCCc1cc2cccnc2[nH]1. The Kier molecular flexibility index (Phi) is 5.53. The summed E-state index contributed by atoms with van der Waals surface area (Å²) in [5.41, 5.74) is 7.55. The molecule has 0 spiro atoms. The van der Waals surface area contributed by atoms with Gasteiger partial charge in [-0.25, -0.2) is 4.98 Å². The summed E-state index contributed by atoms with van der Waals surface area (Å²) in [6.45, 7) is 0.673. The third kappa shape index (κ3) is 2.61. The van der Waals surface area contributed by atoms with Crippen LogP contribution in [0.2, 0.25) is 0 Å². The number of nitrogens with one attached hydrogen (secondary N) is 1. The maximum absolute atomic E-state index is 5.44. The van der Waals surface area contributed by atoms with Gasteiger partial charge in [0.2, 0.25) is 0 Å². The van der Waals surface area contributed by atoms with E-state index >= 15 is 0 Å². The Balaban J connectivity index is 0.000000845. The molecule has 0 saturated heterocycles. The smallest absolute Gasteiger partial charge is 0.137 e. The third-order valence-electron chi connectivity index (χ3n) is 1.86. The number of nitrogens with zero attached hydrogens (tertiary/aromatic N) is 1. The highest BCUT2D eigenvalue weighted by Gasteiger charge is 1.98. The average Bonchev–Trinajstić information content (AvgIpc) is 2.47. The van der Waals surface area contributed by atoms with E-state index in [1.54, 1.807) is 6.20 Å². The van der Waals surface area contributed by atoms with E-state index in [0.717, 1.165) is 23.1 Å². The van der Waals surface area contributed by atoms with E-state index in [4.69, 9.17) is 5.73 Å². The van der Waals surface area contributed by atoms with Gasteiger partial charge >= 0.3 is 0 Å². The van der Waals surface area contributed by atoms with E-state index in [1.165, 1.54) is 0 Å². The molecule has 0 radical (unpaired) electrons. The largest absolute Gasteiger partial charge is 0.343 e. The van der Waals surface area contributed by atoms with Gasteiger partial charge in [-0.2, -0.15) is 0 Å². The number of fused-ring (bicyclic) bond motifs is 1. The van der Waals surface area contributed by atoms with Crippen molar-refractivity contribution < 1.29 is 0 Å². The fourth-order valence-corrected chi connectivity index (χ4v) is 1.30. The molecule has 0 fully saturated rings. The number of halogens is 2. The molecule has 0 aromatic carbocycles. The predicted octanol–water partition coefficient (Wildman–Crippen LogP) is 1.91. The van der Waals surface area contributed by atoms with Gasteiger partial charge in [0.05, 0.1) is 0 Å². The van der Waals surface area contributed by atoms with Crippen LogP contribution in [-0.2, 0) is 6.42 Å². The van der Waals surface area contributed by atoms with Gasteiger partial charge < -0.3 is 10.7 Å². The maximum Gasteiger partial charge on any atom is 0.137 e. The molecule has 2 rings (SSSR count). The third-order valence-corrected chi connectivity index (χ3v) is 1.86. The van der Waals surface area contributed by atoms with Crippen LogP contribution in [0.25, 0.3) is 11.0 Å². The van der Waals surface area contributed by atoms with E-state index in [-0.39, 0.29) is 24.8 Å². The number of pyridine rings is 1. The first-order chi connectivity index (χ1) is 5.90. The highest BCUT2D eigenvalue weighted by Crippen LogP contribution is 2.11. The van der Waals surface area contributed by atoms with Crippen LogP contribution in [0.15, 0.2) is 24.4 Å². The second-order valence-electron chi connectivity index (χ2n) is 2.77. The maximum atomic E-state index is 5.44. The minimum absolute atomic E-state index is 0. The predicted molar refractivity (Wildman–Crippen MR) is 63.3 cm³/mol. The average molecular weight is 234 g/mol. The molecule has 0 unspecified atom stereocenters. The topological polar surface area (TPSA) is 54.7 Å². The second kappa shape index (κ2) is 5.86. The van der Waals surface area contributed by atoms with Crippen LogP contribution in [0.1, 0.15) is 5.69 Å². The molecule has 3 N–H and O–H groups in total. The lowest BCUT2D eigenvalue weighted by Gasteiger charge is -1.88. The number of hydrogen-bond donors (Lipinski definition) is 2. The van der Waals surface area contributed by atoms with E-state index in [9.17, 15) is 0 Å². The minimum Gasteiger partial charge on any atom is -0.343 e. The van der Waals surface area contributed by atoms with Crippen molar-refractivity contribution in [1.29, 1.82) is 0 Å². The van der Waals surface area contributed by atoms with Gasteiger partial charge in [-0.1, -0.05) is 0 Å². The molecule has 14 heavy (non-hydrogen) atoms. The molecule has 0 aliphatic carbocycles. The molecular formula is C9H13Cl2N3. The summed E-state index contributed by atoms with van der Waals surface area (Å²) in [6, 6.07) is 6.07. The summed E-state index contributed by atoms with van der Waals surface area (Å²) in [4.78, 5) is 7.39. The molecular weight excluding hydrogens is 221 g/mol. The molecule has 3 nitrogen and oxygen atoms in total. The zero-order valence-corrected chi connectivity index (χ0v) is 9.20. The first-order valence-corrected chi connectivity index (χ1v) is 4.03. The number of H-pyrrole nitrogens is 1.